The molecule has 0 amide bonds. The Balaban J connectivity index is 3.15. The zero-order chi connectivity index (χ0) is 8.91. The van der Waals surface area contributed by atoms with Crippen LogP contribution in [0.3, 0.4) is 0 Å². The van der Waals surface area contributed by atoms with Crippen molar-refractivity contribution in [3.8, 4) is 0 Å². The molecule has 0 aliphatic carbocycles. The monoisotopic (exact) mass is 177 g/mol. The van der Waals surface area contributed by atoms with Crippen LogP contribution in [0.25, 0.3) is 0 Å². The number of hydrogen-bond donors (Lipinski definition) is 2. The molecule has 0 aliphatic rings. The minimum atomic E-state index is -0.239. The lowest BCUT2D eigenvalue weighted by Crippen LogP contribution is -2.37. The van der Waals surface area contributed by atoms with Gasteiger partial charge in [0, 0.05) is 17.8 Å². The van der Waals surface area contributed by atoms with Crippen LogP contribution in [0.4, 0.5) is 0 Å². The molecule has 0 radical (unpaired) electrons. The Morgan fingerprint density at radius 2 is 2.00 bits per heavy atom. The quantitative estimate of drug-likeness (QED) is 0.503. The average Bonchev–Trinajstić information content (AvgIpc) is 1.78. The molecule has 11 heavy (non-hydrogen) atoms. The van der Waals surface area contributed by atoms with Crippen molar-refractivity contribution in [1.82, 2.24) is 5.32 Å². The highest BCUT2D eigenvalue weighted by Crippen LogP contribution is 2.06. The van der Waals surface area contributed by atoms with Crippen LogP contribution in [0.15, 0.2) is 0 Å². The lowest BCUT2D eigenvalue weighted by molar-refractivity contribution is 0.283. The van der Waals surface area contributed by atoms with E-state index < -0.39 is 0 Å². The molecule has 0 aromatic carbocycles. The Morgan fingerprint density at radius 3 is 2.36 bits per heavy atom. The van der Waals surface area contributed by atoms with Crippen molar-refractivity contribution < 1.29 is 5.11 Å². The van der Waals surface area contributed by atoms with E-state index in [1.54, 1.807) is 18.7 Å². The zero-order valence-electron chi connectivity index (χ0n) is 7.85. The van der Waals surface area contributed by atoms with Crippen LogP contribution in [0.1, 0.15) is 27.7 Å². The standard InChI is InChI=1S/C8H19NOS/c1-7(10)11-6-5-9-8(2,3)4/h7,9-10H,5-6H2,1-4H3. The largest absolute Gasteiger partial charge is 0.383 e. The summed E-state index contributed by atoms with van der Waals surface area (Å²) in [4.78, 5) is 0. The van der Waals surface area contributed by atoms with Crippen LogP contribution in [-0.4, -0.2) is 28.4 Å². The third kappa shape index (κ3) is 10.3. The van der Waals surface area contributed by atoms with E-state index in [9.17, 15) is 0 Å². The number of aliphatic hydroxyl groups excluding tert-OH is 1. The summed E-state index contributed by atoms with van der Waals surface area (Å²) >= 11 is 1.56. The van der Waals surface area contributed by atoms with Gasteiger partial charge in [0.1, 0.15) is 0 Å². The molecule has 2 nitrogen and oxygen atoms in total. The summed E-state index contributed by atoms with van der Waals surface area (Å²) in [5.41, 5.74) is -0.0454. The van der Waals surface area contributed by atoms with Gasteiger partial charge in [0.15, 0.2) is 0 Å². The summed E-state index contributed by atoms with van der Waals surface area (Å²) in [5.74, 6) is 0.967. The maximum Gasteiger partial charge on any atom is 0.0965 e. The third-order valence-corrected chi connectivity index (χ3v) is 2.04. The highest BCUT2D eigenvalue weighted by Gasteiger charge is 2.07. The van der Waals surface area contributed by atoms with E-state index in [2.05, 4.69) is 26.1 Å². The predicted molar refractivity (Wildman–Crippen MR) is 51.9 cm³/mol. The van der Waals surface area contributed by atoms with Crippen molar-refractivity contribution in [3.63, 3.8) is 0 Å². The van der Waals surface area contributed by atoms with Crippen molar-refractivity contribution in [2.45, 2.75) is 38.7 Å². The van der Waals surface area contributed by atoms with Gasteiger partial charge in [0.2, 0.25) is 0 Å². The second-order valence-corrected chi connectivity index (χ2v) is 5.07. The van der Waals surface area contributed by atoms with Gasteiger partial charge in [0.05, 0.1) is 5.44 Å². The molecule has 1 unspecified atom stereocenters. The predicted octanol–water partition coefficient (Wildman–Crippen LogP) is 1.45. The highest BCUT2D eigenvalue weighted by atomic mass is 32.2. The summed E-state index contributed by atoms with van der Waals surface area (Å²) in [6.07, 6.45) is 0. The molecule has 0 spiro atoms. The summed E-state index contributed by atoms with van der Waals surface area (Å²) in [5, 5.41) is 12.3. The van der Waals surface area contributed by atoms with Crippen LogP contribution >= 0.6 is 11.8 Å². The van der Waals surface area contributed by atoms with E-state index in [0.717, 1.165) is 12.3 Å². The van der Waals surface area contributed by atoms with Gasteiger partial charge in [-0.25, -0.2) is 0 Å². The fourth-order valence-electron chi connectivity index (χ4n) is 0.656. The molecule has 0 fully saturated rings. The van der Waals surface area contributed by atoms with Crippen molar-refractivity contribution in [3.05, 3.63) is 0 Å². The molecule has 0 saturated carbocycles. The van der Waals surface area contributed by atoms with E-state index in [4.69, 9.17) is 5.11 Å². The van der Waals surface area contributed by atoms with Gasteiger partial charge < -0.3 is 10.4 Å². The number of aliphatic hydroxyl groups is 1. The van der Waals surface area contributed by atoms with Crippen molar-refractivity contribution in [2.24, 2.45) is 0 Å². The van der Waals surface area contributed by atoms with E-state index in [0.29, 0.717) is 0 Å². The van der Waals surface area contributed by atoms with Crippen LogP contribution < -0.4 is 5.32 Å². The van der Waals surface area contributed by atoms with E-state index in [1.165, 1.54) is 0 Å². The van der Waals surface area contributed by atoms with Gasteiger partial charge in [-0.3, -0.25) is 0 Å². The normalized spacial score (nSPS) is 15.0. The molecule has 0 saturated heterocycles. The summed E-state index contributed by atoms with van der Waals surface area (Å²) in [6.45, 7) is 9.17. The molecular weight excluding hydrogens is 158 g/mol. The highest BCUT2D eigenvalue weighted by molar-refractivity contribution is 7.99. The van der Waals surface area contributed by atoms with Gasteiger partial charge in [0.25, 0.3) is 0 Å². The van der Waals surface area contributed by atoms with Gasteiger partial charge in [-0.2, -0.15) is 0 Å². The first kappa shape index (κ1) is 11.3. The maximum atomic E-state index is 8.92. The smallest absolute Gasteiger partial charge is 0.0965 e. The molecule has 0 aromatic heterocycles. The summed E-state index contributed by atoms with van der Waals surface area (Å²) in [6, 6.07) is 0. The lowest BCUT2D eigenvalue weighted by atomic mass is 10.1. The Labute approximate surface area is 73.8 Å². The molecule has 0 aromatic rings. The van der Waals surface area contributed by atoms with Gasteiger partial charge in [-0.15, -0.1) is 11.8 Å². The Bertz CT molecular complexity index is 98.8. The minimum Gasteiger partial charge on any atom is -0.383 e. The lowest BCUT2D eigenvalue weighted by Gasteiger charge is -2.20. The van der Waals surface area contributed by atoms with E-state index in [1.807, 2.05) is 0 Å². The molecule has 0 rings (SSSR count). The zero-order valence-corrected chi connectivity index (χ0v) is 8.66. The van der Waals surface area contributed by atoms with Gasteiger partial charge in [-0.1, -0.05) is 0 Å². The van der Waals surface area contributed by atoms with Crippen molar-refractivity contribution >= 4 is 11.8 Å². The number of thioether (sulfide) groups is 1. The van der Waals surface area contributed by atoms with E-state index >= 15 is 0 Å². The van der Waals surface area contributed by atoms with Crippen molar-refractivity contribution in [2.75, 3.05) is 12.3 Å². The van der Waals surface area contributed by atoms with Gasteiger partial charge >= 0.3 is 0 Å². The molecule has 68 valence electrons. The number of rotatable bonds is 4. The second-order valence-electron chi connectivity index (χ2n) is 3.65. The molecular formula is C8H19NOS. The molecule has 1 atom stereocenters. The van der Waals surface area contributed by atoms with Gasteiger partial charge in [-0.05, 0) is 27.7 Å². The fraction of sp³-hybridized carbons (Fsp3) is 1.00. The number of nitrogens with one attached hydrogen (secondary N) is 1. The Hall–Kier alpha value is 0.270. The first-order chi connectivity index (χ1) is 4.92. The Morgan fingerprint density at radius 1 is 1.45 bits per heavy atom. The fourth-order valence-corrected chi connectivity index (χ4v) is 1.22. The van der Waals surface area contributed by atoms with Crippen LogP contribution in [-0.2, 0) is 0 Å². The minimum absolute atomic E-state index is 0.194. The topological polar surface area (TPSA) is 32.3 Å². The summed E-state index contributed by atoms with van der Waals surface area (Å²) < 4.78 is 0. The molecule has 3 heteroatoms. The third-order valence-electron chi connectivity index (χ3n) is 1.12. The van der Waals surface area contributed by atoms with Crippen molar-refractivity contribution in [1.29, 1.82) is 0 Å². The summed E-state index contributed by atoms with van der Waals surface area (Å²) in [7, 11) is 0. The first-order valence-electron chi connectivity index (χ1n) is 3.96. The SMILES string of the molecule is CC(O)SCCNC(C)(C)C. The van der Waals surface area contributed by atoms with Crippen LogP contribution in [0.5, 0.6) is 0 Å². The number of hydrogen-bond acceptors (Lipinski definition) is 3. The van der Waals surface area contributed by atoms with Crippen LogP contribution in [0.2, 0.25) is 0 Å². The second kappa shape index (κ2) is 5.01. The molecule has 0 bridgehead atoms. The average molecular weight is 177 g/mol. The maximum absolute atomic E-state index is 8.92. The Kier molecular flexibility index (Phi) is 5.13. The van der Waals surface area contributed by atoms with Crippen LogP contribution in [0, 0.1) is 0 Å². The first-order valence-corrected chi connectivity index (χ1v) is 5.01. The molecule has 2 N–H and O–H groups in total. The van der Waals surface area contributed by atoms with E-state index in [-0.39, 0.29) is 11.0 Å². The molecule has 0 aliphatic heterocycles. The molecule has 0 heterocycles.